The smallest absolute Gasteiger partial charge is 0.409 e. The molecule has 0 aliphatic carbocycles. The lowest BCUT2D eigenvalue weighted by Crippen LogP contribution is -2.30. The third-order valence-corrected chi connectivity index (χ3v) is 4.00. The van der Waals surface area contributed by atoms with E-state index in [0.29, 0.717) is 11.3 Å². The van der Waals surface area contributed by atoms with Crippen LogP contribution < -0.4 is 4.74 Å². The normalized spacial score (nSPS) is 10.8. The second kappa shape index (κ2) is 9.83. The van der Waals surface area contributed by atoms with Crippen molar-refractivity contribution in [1.29, 1.82) is 0 Å². The highest BCUT2D eigenvalue weighted by Crippen LogP contribution is 2.20. The van der Waals surface area contributed by atoms with Gasteiger partial charge in [0.05, 0.1) is 17.7 Å². The number of hydrogen-bond donors (Lipinski definition) is 0. The van der Waals surface area contributed by atoms with Crippen molar-refractivity contribution in [3.63, 3.8) is 0 Å². The zero-order chi connectivity index (χ0) is 18.1. The number of benzene rings is 1. The molecule has 1 aromatic carbocycles. The molecule has 0 atom stereocenters. The Morgan fingerprint density at radius 2 is 1.79 bits per heavy atom. The van der Waals surface area contributed by atoms with E-state index in [1.165, 1.54) is 38.0 Å². The average molecular weight is 371 g/mol. The van der Waals surface area contributed by atoms with Crippen LogP contribution in [-0.4, -0.2) is 52.5 Å². The van der Waals surface area contributed by atoms with Crippen molar-refractivity contribution in [2.24, 2.45) is 5.16 Å². The van der Waals surface area contributed by atoms with Crippen LogP contribution in [0.15, 0.2) is 29.4 Å². The van der Waals surface area contributed by atoms with Crippen LogP contribution in [0.3, 0.4) is 0 Å². The molecule has 0 spiro atoms. The molecule has 0 saturated carbocycles. The zero-order valence-corrected chi connectivity index (χ0v) is 15.2. The van der Waals surface area contributed by atoms with Gasteiger partial charge in [0, 0.05) is 14.1 Å². The van der Waals surface area contributed by atoms with Crippen molar-refractivity contribution in [3.05, 3.63) is 29.8 Å². The molecule has 2 amide bonds. The number of aldehydes is 1. The SMILES string of the molecule is CSC(C)=NOC(=O)N(C)SN(C)C(=O)Oc1ccccc1C=O. The second-order valence-corrected chi connectivity index (χ2v) is 6.53. The molecule has 0 N–H and O–H groups in total. The van der Waals surface area contributed by atoms with E-state index < -0.39 is 12.2 Å². The molecule has 0 bridgehead atoms. The van der Waals surface area contributed by atoms with Gasteiger partial charge in [-0.25, -0.2) is 18.2 Å². The number of nitrogens with zero attached hydrogens (tertiary/aromatic N) is 3. The molecule has 8 nitrogen and oxygen atoms in total. The number of rotatable bonds is 5. The number of carbonyl (C=O) groups is 3. The van der Waals surface area contributed by atoms with Crippen LogP contribution in [0.4, 0.5) is 9.59 Å². The van der Waals surface area contributed by atoms with E-state index in [-0.39, 0.29) is 11.3 Å². The number of thioether (sulfide) groups is 1. The van der Waals surface area contributed by atoms with Crippen molar-refractivity contribution in [2.75, 3.05) is 20.4 Å². The maximum atomic E-state index is 12.0. The van der Waals surface area contributed by atoms with Crippen molar-refractivity contribution in [1.82, 2.24) is 8.61 Å². The molecule has 0 aliphatic rings. The lowest BCUT2D eigenvalue weighted by atomic mass is 10.2. The maximum absolute atomic E-state index is 12.0. The number of oxime groups is 1. The minimum atomic E-state index is -0.752. The number of hydrogen-bond acceptors (Lipinski definition) is 8. The Morgan fingerprint density at radius 3 is 2.42 bits per heavy atom. The minimum Gasteiger partial charge on any atom is -0.409 e. The first-order chi connectivity index (χ1) is 11.4. The summed E-state index contributed by atoms with van der Waals surface area (Å²) >= 11 is 2.10. The highest BCUT2D eigenvalue weighted by Gasteiger charge is 2.20. The molecule has 0 aromatic heterocycles. The Morgan fingerprint density at radius 1 is 1.17 bits per heavy atom. The zero-order valence-electron chi connectivity index (χ0n) is 13.6. The Hall–Kier alpha value is -2.20. The summed E-state index contributed by atoms with van der Waals surface area (Å²) in [4.78, 5) is 39.3. The van der Waals surface area contributed by atoms with Gasteiger partial charge in [0.15, 0.2) is 6.29 Å². The van der Waals surface area contributed by atoms with E-state index in [1.807, 2.05) is 0 Å². The molecule has 1 rings (SSSR count). The molecule has 10 heteroatoms. The average Bonchev–Trinajstić information content (AvgIpc) is 2.59. The van der Waals surface area contributed by atoms with Gasteiger partial charge in [-0.1, -0.05) is 17.3 Å². The lowest BCUT2D eigenvalue weighted by molar-refractivity contribution is 0.112. The molecule has 0 saturated heterocycles. The van der Waals surface area contributed by atoms with Crippen molar-refractivity contribution >= 4 is 47.4 Å². The third-order valence-electron chi connectivity index (χ3n) is 2.55. The van der Waals surface area contributed by atoms with Gasteiger partial charge >= 0.3 is 12.2 Å². The number of para-hydroxylation sites is 1. The van der Waals surface area contributed by atoms with E-state index in [9.17, 15) is 14.4 Å². The second-order valence-electron chi connectivity index (χ2n) is 4.27. The van der Waals surface area contributed by atoms with Crippen LogP contribution in [0.2, 0.25) is 0 Å². The standard InChI is InChI=1S/C14H17N3O5S2/c1-10(23-4)15-22-14(20)17(3)24-16(2)13(19)21-12-8-6-5-7-11(12)9-18/h5-9H,1-4H3. The number of amides is 2. The van der Waals surface area contributed by atoms with Crippen molar-refractivity contribution < 1.29 is 24.0 Å². The predicted octanol–water partition coefficient (Wildman–Crippen LogP) is 3.26. The molecule has 0 unspecified atom stereocenters. The first kappa shape index (κ1) is 19.8. The summed E-state index contributed by atoms with van der Waals surface area (Å²) in [5.74, 6) is 0.135. The quantitative estimate of drug-likeness (QED) is 0.196. The minimum absolute atomic E-state index is 0.135. The molecule has 0 heterocycles. The van der Waals surface area contributed by atoms with Gasteiger partial charge in [0.25, 0.3) is 0 Å². The molecule has 1 aromatic rings. The van der Waals surface area contributed by atoms with Crippen LogP contribution in [0, 0.1) is 0 Å². The van der Waals surface area contributed by atoms with E-state index in [2.05, 4.69) is 5.16 Å². The largest absolute Gasteiger partial charge is 0.447 e. The van der Waals surface area contributed by atoms with Gasteiger partial charge in [-0.15, -0.1) is 11.8 Å². The lowest BCUT2D eigenvalue weighted by Gasteiger charge is -2.20. The Kier molecular flexibility index (Phi) is 8.13. The van der Waals surface area contributed by atoms with Gasteiger partial charge in [0.1, 0.15) is 10.8 Å². The molecule has 0 radical (unpaired) electrons. The fourth-order valence-electron chi connectivity index (χ4n) is 1.28. The summed E-state index contributed by atoms with van der Waals surface area (Å²) in [5.41, 5.74) is 0.249. The first-order valence-electron chi connectivity index (χ1n) is 6.60. The molecule has 24 heavy (non-hydrogen) atoms. The van der Waals surface area contributed by atoms with E-state index in [0.717, 1.165) is 20.7 Å². The molecular formula is C14H17N3O5S2. The van der Waals surface area contributed by atoms with Gasteiger partial charge < -0.3 is 4.74 Å². The summed E-state index contributed by atoms with van der Waals surface area (Å²) < 4.78 is 7.27. The summed E-state index contributed by atoms with van der Waals surface area (Å²) in [7, 11) is 2.83. The highest BCUT2D eigenvalue weighted by molar-refractivity contribution is 8.13. The monoisotopic (exact) mass is 371 g/mol. The van der Waals surface area contributed by atoms with Crippen LogP contribution in [-0.2, 0) is 4.84 Å². The van der Waals surface area contributed by atoms with E-state index in [4.69, 9.17) is 9.57 Å². The summed E-state index contributed by atoms with van der Waals surface area (Å²) in [5, 5.41) is 4.19. The third kappa shape index (κ3) is 6.13. The molecule has 130 valence electrons. The highest BCUT2D eigenvalue weighted by atomic mass is 32.2. The topological polar surface area (TPSA) is 88.5 Å². The maximum Gasteiger partial charge on any atom is 0.447 e. The predicted molar refractivity (Wildman–Crippen MR) is 94.1 cm³/mol. The fourth-order valence-corrected chi connectivity index (χ4v) is 1.96. The van der Waals surface area contributed by atoms with Crippen LogP contribution in [0.5, 0.6) is 5.75 Å². The molecule has 0 aliphatic heterocycles. The van der Waals surface area contributed by atoms with E-state index in [1.54, 1.807) is 25.3 Å². The van der Waals surface area contributed by atoms with Crippen LogP contribution >= 0.6 is 23.9 Å². The number of ether oxygens (including phenoxy) is 1. The number of carbonyl (C=O) groups excluding carboxylic acids is 3. The van der Waals surface area contributed by atoms with Crippen LogP contribution in [0.1, 0.15) is 17.3 Å². The summed E-state index contributed by atoms with van der Waals surface area (Å²) in [6, 6.07) is 6.31. The van der Waals surface area contributed by atoms with Gasteiger partial charge in [-0.3, -0.25) is 9.63 Å². The Labute approximate surface area is 148 Å². The summed E-state index contributed by atoms with van der Waals surface area (Å²) in [6.07, 6.45) is 0.885. The van der Waals surface area contributed by atoms with Crippen molar-refractivity contribution in [2.45, 2.75) is 6.92 Å². The molecule has 0 fully saturated rings. The Bertz CT molecular complexity index is 639. The fraction of sp³-hybridized carbons (Fsp3) is 0.286. The Balaban J connectivity index is 2.60. The van der Waals surface area contributed by atoms with E-state index >= 15 is 0 Å². The molecular weight excluding hydrogens is 354 g/mol. The van der Waals surface area contributed by atoms with Crippen LogP contribution in [0.25, 0.3) is 0 Å². The van der Waals surface area contributed by atoms with Gasteiger partial charge in [-0.2, -0.15) is 0 Å². The first-order valence-corrected chi connectivity index (χ1v) is 8.55. The van der Waals surface area contributed by atoms with Crippen molar-refractivity contribution in [3.8, 4) is 5.75 Å². The van der Waals surface area contributed by atoms with Gasteiger partial charge in [0.2, 0.25) is 0 Å². The van der Waals surface area contributed by atoms with Gasteiger partial charge in [-0.05, 0) is 25.3 Å². The summed E-state index contributed by atoms with van der Waals surface area (Å²) in [6.45, 7) is 1.69.